The first kappa shape index (κ1) is 12.0. The highest BCUT2D eigenvalue weighted by Crippen LogP contribution is 2.33. The molecule has 3 atom stereocenters. The molecular weight excluding hydrogens is 172 g/mol. The Balaban J connectivity index is 0.000000461. The van der Waals surface area contributed by atoms with Crippen LogP contribution in [-0.4, -0.2) is 30.6 Å². The molecule has 2 fully saturated rings. The molecule has 2 rings (SSSR count). The van der Waals surface area contributed by atoms with E-state index in [1.165, 1.54) is 38.6 Å². The van der Waals surface area contributed by atoms with Gasteiger partial charge in [-0.1, -0.05) is 26.7 Å². The fraction of sp³-hybridized carbons (Fsp3) is 1.00. The van der Waals surface area contributed by atoms with Gasteiger partial charge in [-0.05, 0) is 38.8 Å². The van der Waals surface area contributed by atoms with Gasteiger partial charge in [-0.2, -0.15) is 0 Å². The normalized spacial score (nSPS) is 38.1. The summed E-state index contributed by atoms with van der Waals surface area (Å²) in [5, 5.41) is 0. The predicted molar refractivity (Wildman–Crippen MR) is 62.3 cm³/mol. The highest BCUT2D eigenvalue weighted by atomic mass is 15.1. The van der Waals surface area contributed by atoms with E-state index in [1.807, 2.05) is 13.8 Å². The van der Waals surface area contributed by atoms with Gasteiger partial charge < -0.3 is 10.6 Å². The van der Waals surface area contributed by atoms with Crippen LogP contribution in [0.3, 0.4) is 0 Å². The van der Waals surface area contributed by atoms with E-state index in [2.05, 4.69) is 11.9 Å². The minimum absolute atomic E-state index is 0.492. The number of rotatable bonds is 0. The minimum atomic E-state index is 0.492. The van der Waals surface area contributed by atoms with Gasteiger partial charge in [-0.15, -0.1) is 0 Å². The van der Waals surface area contributed by atoms with Crippen LogP contribution in [-0.2, 0) is 0 Å². The molecule has 0 aromatic rings. The Morgan fingerprint density at radius 1 is 1.07 bits per heavy atom. The number of nitrogens with zero attached hydrogens (tertiary/aromatic N) is 1. The van der Waals surface area contributed by atoms with Crippen LogP contribution in [0.25, 0.3) is 0 Å². The quantitative estimate of drug-likeness (QED) is 0.647. The number of likely N-dealkylation sites (tertiary alicyclic amines) is 1. The number of fused-ring (bicyclic) bond motifs is 1. The summed E-state index contributed by atoms with van der Waals surface area (Å²) < 4.78 is 0. The lowest BCUT2D eigenvalue weighted by Gasteiger charge is -2.45. The van der Waals surface area contributed by atoms with Crippen LogP contribution in [0, 0.1) is 5.92 Å². The van der Waals surface area contributed by atoms with Crippen molar-refractivity contribution in [2.75, 3.05) is 13.6 Å². The van der Waals surface area contributed by atoms with Crippen molar-refractivity contribution >= 4 is 0 Å². The maximum atomic E-state index is 6.12. The third-order valence-electron chi connectivity index (χ3n) is 3.71. The second-order valence-electron chi connectivity index (χ2n) is 4.45. The highest BCUT2D eigenvalue weighted by molar-refractivity contribution is 4.92. The molecule has 0 radical (unpaired) electrons. The fourth-order valence-electron chi connectivity index (χ4n) is 2.92. The Morgan fingerprint density at radius 2 is 1.71 bits per heavy atom. The van der Waals surface area contributed by atoms with Crippen LogP contribution in [0.4, 0.5) is 0 Å². The second kappa shape index (κ2) is 5.72. The lowest BCUT2D eigenvalue weighted by atomic mass is 9.76. The molecule has 0 aromatic carbocycles. The first-order chi connectivity index (χ1) is 6.79. The van der Waals surface area contributed by atoms with Gasteiger partial charge in [-0.25, -0.2) is 0 Å². The zero-order chi connectivity index (χ0) is 10.6. The second-order valence-corrected chi connectivity index (χ2v) is 4.45. The molecule has 2 N–H and O–H groups in total. The molecule has 2 heteroatoms. The van der Waals surface area contributed by atoms with Gasteiger partial charge in [0.2, 0.25) is 0 Å². The van der Waals surface area contributed by atoms with Gasteiger partial charge in [0.15, 0.2) is 0 Å². The predicted octanol–water partition coefficient (Wildman–Crippen LogP) is 2.23. The van der Waals surface area contributed by atoms with E-state index < -0.39 is 0 Å². The molecule has 0 bridgehead atoms. The number of nitrogens with two attached hydrogens (primary N) is 1. The molecule has 1 saturated heterocycles. The molecule has 2 nitrogen and oxygen atoms in total. The van der Waals surface area contributed by atoms with Crippen molar-refractivity contribution in [3.63, 3.8) is 0 Å². The smallest absolute Gasteiger partial charge is 0.0135 e. The molecule has 1 aliphatic carbocycles. The van der Waals surface area contributed by atoms with Crippen molar-refractivity contribution in [2.24, 2.45) is 11.7 Å². The van der Waals surface area contributed by atoms with Crippen LogP contribution >= 0.6 is 0 Å². The van der Waals surface area contributed by atoms with Crippen LogP contribution in [0.2, 0.25) is 0 Å². The monoisotopic (exact) mass is 198 g/mol. The molecule has 0 spiro atoms. The molecule has 3 unspecified atom stereocenters. The van der Waals surface area contributed by atoms with Crippen molar-refractivity contribution in [2.45, 2.75) is 58.0 Å². The van der Waals surface area contributed by atoms with Crippen molar-refractivity contribution in [3.8, 4) is 0 Å². The Labute approximate surface area is 88.8 Å². The Morgan fingerprint density at radius 3 is 2.36 bits per heavy atom. The summed E-state index contributed by atoms with van der Waals surface area (Å²) in [6.07, 6.45) is 6.78. The Hall–Kier alpha value is -0.0800. The molecule has 0 amide bonds. The lowest BCUT2D eigenvalue weighted by Crippen LogP contribution is -2.53. The van der Waals surface area contributed by atoms with Crippen LogP contribution < -0.4 is 5.73 Å². The molecule has 1 aliphatic heterocycles. The van der Waals surface area contributed by atoms with E-state index >= 15 is 0 Å². The highest BCUT2D eigenvalue weighted by Gasteiger charge is 2.35. The third kappa shape index (κ3) is 2.48. The van der Waals surface area contributed by atoms with Gasteiger partial charge in [-0.3, -0.25) is 0 Å². The van der Waals surface area contributed by atoms with Gasteiger partial charge in [0.1, 0.15) is 0 Å². The van der Waals surface area contributed by atoms with Gasteiger partial charge in [0.05, 0.1) is 0 Å². The van der Waals surface area contributed by atoms with Crippen LogP contribution in [0.1, 0.15) is 46.0 Å². The Bertz CT molecular complexity index is 140. The van der Waals surface area contributed by atoms with Crippen LogP contribution in [0.15, 0.2) is 0 Å². The van der Waals surface area contributed by atoms with E-state index in [0.29, 0.717) is 6.04 Å². The van der Waals surface area contributed by atoms with E-state index in [1.54, 1.807) is 0 Å². The van der Waals surface area contributed by atoms with E-state index in [-0.39, 0.29) is 0 Å². The first-order valence-corrected chi connectivity index (χ1v) is 6.25. The summed E-state index contributed by atoms with van der Waals surface area (Å²) >= 11 is 0. The maximum Gasteiger partial charge on any atom is 0.0135 e. The minimum Gasteiger partial charge on any atom is -0.327 e. The van der Waals surface area contributed by atoms with Crippen molar-refractivity contribution in [1.29, 1.82) is 0 Å². The molecular formula is C12H26N2. The van der Waals surface area contributed by atoms with E-state index in [0.717, 1.165) is 12.0 Å². The first-order valence-electron chi connectivity index (χ1n) is 6.25. The summed E-state index contributed by atoms with van der Waals surface area (Å²) in [5.41, 5.74) is 6.12. The molecule has 2 aliphatic rings. The van der Waals surface area contributed by atoms with Crippen molar-refractivity contribution < 1.29 is 0 Å². The zero-order valence-corrected chi connectivity index (χ0v) is 10.00. The van der Waals surface area contributed by atoms with Gasteiger partial charge >= 0.3 is 0 Å². The summed E-state index contributed by atoms with van der Waals surface area (Å²) in [6, 6.07) is 1.30. The number of hydrogen-bond donors (Lipinski definition) is 1. The van der Waals surface area contributed by atoms with E-state index in [9.17, 15) is 0 Å². The average Bonchev–Trinajstić information content (AvgIpc) is 2.27. The number of hydrogen-bond acceptors (Lipinski definition) is 2. The lowest BCUT2D eigenvalue weighted by molar-refractivity contribution is 0.0679. The molecule has 1 heterocycles. The zero-order valence-electron chi connectivity index (χ0n) is 10.00. The largest absolute Gasteiger partial charge is 0.327 e. The summed E-state index contributed by atoms with van der Waals surface area (Å²) in [7, 11) is 2.26. The molecule has 0 aromatic heterocycles. The summed E-state index contributed by atoms with van der Waals surface area (Å²) in [5.74, 6) is 0.803. The van der Waals surface area contributed by atoms with Crippen LogP contribution in [0.5, 0.6) is 0 Å². The standard InChI is InChI=1S/C10H20N2.C2H6/c1-12-7-6-9(11)8-4-2-3-5-10(8)12;1-2/h8-10H,2-7,11H2,1H3;1-2H3. The maximum absolute atomic E-state index is 6.12. The summed E-state index contributed by atoms with van der Waals surface area (Å²) in [4.78, 5) is 2.52. The SMILES string of the molecule is CC.CN1CCC(N)C2CCCCC21. The molecule has 84 valence electrons. The van der Waals surface area contributed by atoms with Crippen molar-refractivity contribution in [3.05, 3.63) is 0 Å². The fourth-order valence-corrected chi connectivity index (χ4v) is 2.92. The van der Waals surface area contributed by atoms with Gasteiger partial charge in [0.25, 0.3) is 0 Å². The topological polar surface area (TPSA) is 29.3 Å². The Kier molecular flexibility index (Phi) is 4.90. The average molecular weight is 198 g/mol. The summed E-state index contributed by atoms with van der Waals surface area (Å²) in [6.45, 7) is 5.21. The third-order valence-corrected chi connectivity index (χ3v) is 3.71. The molecule has 1 saturated carbocycles. The van der Waals surface area contributed by atoms with E-state index in [4.69, 9.17) is 5.73 Å². The number of piperidine rings is 1. The molecule has 14 heavy (non-hydrogen) atoms. The van der Waals surface area contributed by atoms with Gasteiger partial charge in [0, 0.05) is 12.1 Å². The van der Waals surface area contributed by atoms with Crippen molar-refractivity contribution in [1.82, 2.24) is 4.90 Å².